The number of pyridine rings is 1. The van der Waals surface area contributed by atoms with E-state index in [1.54, 1.807) is 13.0 Å². The molecular formula is C26H22N4O4. The highest BCUT2D eigenvalue weighted by Crippen LogP contribution is 2.37. The minimum Gasteiger partial charge on any atom is -0.465 e. The summed E-state index contributed by atoms with van der Waals surface area (Å²) in [4.78, 5) is 29.4. The fourth-order valence-electron chi connectivity index (χ4n) is 3.47. The third-order valence-electron chi connectivity index (χ3n) is 4.99. The summed E-state index contributed by atoms with van der Waals surface area (Å²) < 4.78 is 10.2. The molecule has 0 spiro atoms. The van der Waals surface area contributed by atoms with Gasteiger partial charge < -0.3 is 14.8 Å². The molecule has 8 nitrogen and oxygen atoms in total. The van der Waals surface area contributed by atoms with Gasteiger partial charge in [0.15, 0.2) is 5.82 Å². The summed E-state index contributed by atoms with van der Waals surface area (Å²) in [5.41, 5.74) is 3.19. The van der Waals surface area contributed by atoms with Gasteiger partial charge in [0.1, 0.15) is 17.1 Å². The molecule has 0 saturated heterocycles. The number of nitrogens with zero attached hydrogens (tertiary/aromatic N) is 3. The smallest absolute Gasteiger partial charge is 0.342 e. The maximum atomic E-state index is 13.0. The van der Waals surface area contributed by atoms with Crippen LogP contribution in [0.4, 0.5) is 11.6 Å². The van der Waals surface area contributed by atoms with E-state index in [0.717, 1.165) is 11.1 Å². The number of carbonyl (C=O) groups excluding carboxylic acids is 2. The van der Waals surface area contributed by atoms with Crippen LogP contribution in [0.1, 0.15) is 27.6 Å². The Balaban J connectivity index is 1.89. The number of rotatable bonds is 7. The van der Waals surface area contributed by atoms with Crippen molar-refractivity contribution in [1.82, 2.24) is 15.2 Å². The zero-order valence-corrected chi connectivity index (χ0v) is 18.7. The van der Waals surface area contributed by atoms with Gasteiger partial charge >= 0.3 is 11.9 Å². The first-order chi connectivity index (χ1) is 16.6. The van der Waals surface area contributed by atoms with Crippen molar-refractivity contribution in [1.29, 1.82) is 0 Å². The second kappa shape index (κ2) is 10.4. The molecule has 1 N–H and O–H groups in total. The topological polar surface area (TPSA) is 103 Å². The van der Waals surface area contributed by atoms with Crippen LogP contribution < -0.4 is 5.32 Å². The van der Waals surface area contributed by atoms with E-state index in [9.17, 15) is 9.59 Å². The monoisotopic (exact) mass is 454 g/mol. The first kappa shape index (κ1) is 22.6. The number of hydrogen-bond acceptors (Lipinski definition) is 8. The lowest BCUT2D eigenvalue weighted by Crippen LogP contribution is -2.13. The van der Waals surface area contributed by atoms with Gasteiger partial charge in [-0.3, -0.25) is 0 Å². The fraction of sp³-hybridized carbons (Fsp3) is 0.115. The number of anilines is 2. The Morgan fingerprint density at radius 3 is 2.21 bits per heavy atom. The largest absolute Gasteiger partial charge is 0.465 e. The van der Waals surface area contributed by atoms with E-state index >= 15 is 0 Å². The Morgan fingerprint density at radius 1 is 0.882 bits per heavy atom. The Morgan fingerprint density at radius 2 is 1.56 bits per heavy atom. The van der Waals surface area contributed by atoms with E-state index < -0.39 is 11.9 Å². The number of hydrogen-bond donors (Lipinski definition) is 1. The van der Waals surface area contributed by atoms with Crippen LogP contribution in [0.5, 0.6) is 0 Å². The van der Waals surface area contributed by atoms with E-state index in [1.807, 2.05) is 60.7 Å². The molecule has 4 aromatic rings. The van der Waals surface area contributed by atoms with Gasteiger partial charge in [-0.05, 0) is 24.6 Å². The lowest BCUT2D eigenvalue weighted by Gasteiger charge is -2.17. The maximum Gasteiger partial charge on any atom is 0.342 e. The fourth-order valence-corrected chi connectivity index (χ4v) is 3.47. The van der Waals surface area contributed by atoms with Crippen molar-refractivity contribution < 1.29 is 19.1 Å². The molecule has 0 aliphatic rings. The lowest BCUT2D eigenvalue weighted by molar-refractivity contribution is 0.0525. The second-order valence-corrected chi connectivity index (χ2v) is 7.15. The number of methoxy groups -OCH3 is 1. The average molecular weight is 454 g/mol. The molecule has 0 fully saturated rings. The van der Waals surface area contributed by atoms with Gasteiger partial charge in [0.05, 0.1) is 19.3 Å². The van der Waals surface area contributed by atoms with Gasteiger partial charge in [0.2, 0.25) is 0 Å². The predicted molar refractivity (Wildman–Crippen MR) is 128 cm³/mol. The van der Waals surface area contributed by atoms with Crippen molar-refractivity contribution >= 4 is 23.6 Å². The highest BCUT2D eigenvalue weighted by atomic mass is 16.5. The standard InChI is InChI=1S/C26H22N4O4/c1-3-34-25(31)19-14-15-27-20(16-19)28-24-22(26(32)33-2)21(17-10-6-4-7-11-17)23(29-30-24)18-12-8-5-9-13-18/h4-16H,3H2,1-2H3,(H,27,28,30). The molecule has 4 rings (SSSR count). The molecule has 0 saturated carbocycles. The highest BCUT2D eigenvalue weighted by Gasteiger charge is 2.25. The zero-order valence-electron chi connectivity index (χ0n) is 18.7. The molecular weight excluding hydrogens is 432 g/mol. The molecule has 8 heteroatoms. The van der Waals surface area contributed by atoms with Crippen LogP contribution in [-0.2, 0) is 9.47 Å². The second-order valence-electron chi connectivity index (χ2n) is 7.15. The zero-order chi connectivity index (χ0) is 23.9. The summed E-state index contributed by atoms with van der Waals surface area (Å²) >= 11 is 0. The summed E-state index contributed by atoms with van der Waals surface area (Å²) in [6.07, 6.45) is 1.47. The van der Waals surface area contributed by atoms with Gasteiger partial charge in [0, 0.05) is 17.3 Å². The number of nitrogens with one attached hydrogen (secondary N) is 1. The lowest BCUT2D eigenvalue weighted by atomic mass is 9.95. The third kappa shape index (κ3) is 4.75. The van der Waals surface area contributed by atoms with Crippen molar-refractivity contribution in [2.75, 3.05) is 19.0 Å². The quantitative estimate of drug-likeness (QED) is 0.393. The Kier molecular flexibility index (Phi) is 6.88. The Hall–Kier alpha value is -4.59. The van der Waals surface area contributed by atoms with Crippen molar-refractivity contribution in [3.05, 3.63) is 90.1 Å². The molecule has 2 aromatic heterocycles. The van der Waals surface area contributed by atoms with Gasteiger partial charge in [-0.1, -0.05) is 60.7 Å². The minimum absolute atomic E-state index is 0.152. The molecule has 34 heavy (non-hydrogen) atoms. The Bertz CT molecular complexity index is 1310. The van der Waals surface area contributed by atoms with Gasteiger partial charge in [0.25, 0.3) is 0 Å². The van der Waals surface area contributed by atoms with Crippen LogP contribution >= 0.6 is 0 Å². The number of carbonyl (C=O) groups is 2. The molecule has 0 amide bonds. The van der Waals surface area contributed by atoms with Crippen LogP contribution in [0.25, 0.3) is 22.4 Å². The van der Waals surface area contributed by atoms with Crippen LogP contribution in [0.3, 0.4) is 0 Å². The first-order valence-corrected chi connectivity index (χ1v) is 10.6. The maximum absolute atomic E-state index is 13.0. The molecule has 2 aromatic carbocycles. The van der Waals surface area contributed by atoms with Crippen molar-refractivity contribution in [2.24, 2.45) is 0 Å². The molecule has 0 aliphatic heterocycles. The van der Waals surface area contributed by atoms with Crippen LogP contribution in [0, 0.1) is 0 Å². The summed E-state index contributed by atoms with van der Waals surface area (Å²) in [6.45, 7) is 1.99. The van der Waals surface area contributed by atoms with E-state index in [1.165, 1.54) is 19.4 Å². The summed E-state index contributed by atoms with van der Waals surface area (Å²) in [5.74, 6) is -0.609. The van der Waals surface area contributed by atoms with E-state index in [2.05, 4.69) is 20.5 Å². The minimum atomic E-state index is -0.588. The molecule has 0 radical (unpaired) electrons. The summed E-state index contributed by atoms with van der Waals surface area (Å²) in [5, 5.41) is 11.8. The summed E-state index contributed by atoms with van der Waals surface area (Å²) in [6, 6.07) is 22.0. The van der Waals surface area contributed by atoms with Gasteiger partial charge in [-0.25, -0.2) is 14.6 Å². The molecule has 0 unspecified atom stereocenters. The normalized spacial score (nSPS) is 10.4. The Labute approximate surface area is 196 Å². The van der Waals surface area contributed by atoms with E-state index in [4.69, 9.17) is 9.47 Å². The van der Waals surface area contributed by atoms with Crippen LogP contribution in [0.15, 0.2) is 79.0 Å². The number of aromatic nitrogens is 3. The van der Waals surface area contributed by atoms with E-state index in [-0.39, 0.29) is 18.0 Å². The first-order valence-electron chi connectivity index (χ1n) is 10.6. The average Bonchev–Trinajstić information content (AvgIpc) is 2.89. The van der Waals surface area contributed by atoms with Crippen molar-refractivity contribution in [3.63, 3.8) is 0 Å². The molecule has 0 aliphatic carbocycles. The van der Waals surface area contributed by atoms with Crippen LogP contribution in [0.2, 0.25) is 0 Å². The number of benzene rings is 2. The van der Waals surface area contributed by atoms with Crippen LogP contribution in [-0.4, -0.2) is 40.8 Å². The highest BCUT2D eigenvalue weighted by molar-refractivity contribution is 6.05. The van der Waals surface area contributed by atoms with E-state index in [0.29, 0.717) is 22.6 Å². The summed E-state index contributed by atoms with van der Waals surface area (Å²) in [7, 11) is 1.31. The number of ether oxygens (including phenoxy) is 2. The molecule has 170 valence electrons. The SMILES string of the molecule is CCOC(=O)c1ccnc(Nc2nnc(-c3ccccc3)c(-c3ccccc3)c2C(=O)OC)c1. The molecule has 2 heterocycles. The molecule has 0 atom stereocenters. The molecule has 0 bridgehead atoms. The van der Waals surface area contributed by atoms with Gasteiger partial charge in [-0.2, -0.15) is 0 Å². The number of esters is 2. The third-order valence-corrected chi connectivity index (χ3v) is 4.99. The van der Waals surface area contributed by atoms with Crippen molar-refractivity contribution in [3.8, 4) is 22.4 Å². The predicted octanol–water partition coefficient (Wildman–Crippen LogP) is 4.91. The van der Waals surface area contributed by atoms with Crippen molar-refractivity contribution in [2.45, 2.75) is 6.92 Å². The van der Waals surface area contributed by atoms with Gasteiger partial charge in [-0.15, -0.1) is 10.2 Å².